The first-order chi connectivity index (χ1) is 31.0. The Hall–Kier alpha value is -8.75. The highest BCUT2D eigenvalue weighted by molar-refractivity contribution is 6.14. The summed E-state index contributed by atoms with van der Waals surface area (Å²) in [7, 11) is 0. The van der Waals surface area contributed by atoms with Crippen molar-refractivity contribution in [1.29, 1.82) is 0 Å². The largest absolute Gasteiger partial charge is 0.493 e. The standard InChI is InChI=1S/C48H36N10O6/c1-6-64-48(63)41-28(5)43(47(62)58-38-14-10-8-12-36(38)50-45(41)58)56-52-32-18-16-30(24-26(32)3)34-20-19-33(53-54-34)29-15-17-31(25(2)23-29)51-55-42-27(4)40(39(60)21-22-59)44-49-35-11-7-9-13-37(35)57(44)46(42)61/h7-21,23-24,49,62H,6H2,1-5H3. The summed E-state index contributed by atoms with van der Waals surface area (Å²) in [6.07, 6.45) is 0.787. The smallest absolute Gasteiger partial charge is 0.342 e. The van der Waals surface area contributed by atoms with E-state index in [-0.39, 0.29) is 51.8 Å². The van der Waals surface area contributed by atoms with E-state index in [0.29, 0.717) is 50.4 Å². The van der Waals surface area contributed by atoms with Gasteiger partial charge in [-0.2, -0.15) is 10.2 Å². The number of hydrogen-bond donors (Lipinski definition) is 2. The molecule has 2 N–H and O–H groups in total. The van der Waals surface area contributed by atoms with E-state index in [1.54, 1.807) is 69.3 Å². The molecule has 0 radical (unpaired) electrons. The number of benzene rings is 4. The van der Waals surface area contributed by atoms with Crippen molar-refractivity contribution in [3.63, 3.8) is 0 Å². The molecule has 0 bridgehead atoms. The summed E-state index contributed by atoms with van der Waals surface area (Å²) in [5.74, 6) is 0.134. The summed E-state index contributed by atoms with van der Waals surface area (Å²) in [5, 5.41) is 38.1. The molecule has 9 rings (SSSR count). The Morgan fingerprint density at radius 1 is 0.750 bits per heavy atom. The summed E-state index contributed by atoms with van der Waals surface area (Å²) < 4.78 is 8.21. The lowest BCUT2D eigenvalue weighted by molar-refractivity contribution is 0.0527. The first-order valence-corrected chi connectivity index (χ1v) is 20.1. The number of esters is 1. The van der Waals surface area contributed by atoms with Crippen molar-refractivity contribution >= 4 is 73.8 Å². The Bertz CT molecular complexity index is 3590. The van der Waals surface area contributed by atoms with Gasteiger partial charge in [0.2, 0.25) is 11.7 Å². The molecule has 9 aromatic rings. The van der Waals surface area contributed by atoms with E-state index in [0.717, 1.165) is 28.3 Å². The number of aromatic hydroxyl groups is 1. The van der Waals surface area contributed by atoms with E-state index in [2.05, 4.69) is 40.6 Å². The van der Waals surface area contributed by atoms with Gasteiger partial charge in [-0.15, -0.1) is 20.4 Å². The molecule has 0 saturated heterocycles. The zero-order valence-corrected chi connectivity index (χ0v) is 35.0. The third-order valence-corrected chi connectivity index (χ3v) is 11.0. The van der Waals surface area contributed by atoms with Crippen molar-refractivity contribution in [3.05, 3.63) is 147 Å². The number of nitrogens with zero attached hydrogens (tertiary/aromatic N) is 9. The van der Waals surface area contributed by atoms with E-state index in [1.807, 2.05) is 62.4 Å². The summed E-state index contributed by atoms with van der Waals surface area (Å²) >= 11 is 0. The van der Waals surface area contributed by atoms with E-state index in [9.17, 15) is 24.3 Å². The number of imidazole rings is 2. The minimum absolute atomic E-state index is 0.0403. The predicted octanol–water partition coefficient (Wildman–Crippen LogP) is 10.2. The Kier molecular flexibility index (Phi) is 10.3. The number of ether oxygens (including phenoxy) is 1. The lowest BCUT2D eigenvalue weighted by atomic mass is 10.0. The number of aromatic amines is 1. The van der Waals surface area contributed by atoms with Crippen LogP contribution in [0.25, 0.3) is 55.9 Å². The number of aryl methyl sites for hydroxylation is 2. The van der Waals surface area contributed by atoms with Gasteiger partial charge in [0.1, 0.15) is 22.8 Å². The monoisotopic (exact) mass is 848 g/mol. The van der Waals surface area contributed by atoms with Gasteiger partial charge in [-0.25, -0.2) is 14.6 Å². The second-order valence-corrected chi connectivity index (χ2v) is 15.0. The normalized spacial score (nSPS) is 11.7. The molecule has 0 spiro atoms. The van der Waals surface area contributed by atoms with Crippen LogP contribution in [0.15, 0.2) is 128 Å². The van der Waals surface area contributed by atoms with Gasteiger partial charge >= 0.3 is 5.97 Å². The fourth-order valence-electron chi connectivity index (χ4n) is 7.81. The Morgan fingerprint density at radius 2 is 1.34 bits per heavy atom. The Labute approximate surface area is 363 Å². The molecule has 4 aromatic carbocycles. The molecule has 16 nitrogen and oxygen atoms in total. The number of H-pyrrole nitrogens is 1. The van der Waals surface area contributed by atoms with Gasteiger partial charge in [-0.3, -0.25) is 18.4 Å². The van der Waals surface area contributed by atoms with Gasteiger partial charge in [0, 0.05) is 16.7 Å². The van der Waals surface area contributed by atoms with Crippen LogP contribution in [0.2, 0.25) is 0 Å². The zero-order chi connectivity index (χ0) is 44.8. The molecule has 0 aliphatic heterocycles. The van der Waals surface area contributed by atoms with Crippen LogP contribution in [0.5, 0.6) is 5.88 Å². The molecule has 0 aliphatic carbocycles. The molecule has 314 valence electrons. The number of carbonyl (C=O) groups is 2. The number of fused-ring (bicyclic) bond motifs is 6. The van der Waals surface area contributed by atoms with Crippen LogP contribution in [0.1, 0.15) is 49.9 Å². The highest BCUT2D eigenvalue weighted by atomic mass is 16.5. The van der Waals surface area contributed by atoms with Crippen molar-refractivity contribution < 1.29 is 24.2 Å². The summed E-state index contributed by atoms with van der Waals surface area (Å²) in [6.45, 7) is 8.89. The lowest BCUT2D eigenvalue weighted by Crippen LogP contribution is -2.17. The van der Waals surface area contributed by atoms with E-state index in [4.69, 9.17) is 4.74 Å². The minimum Gasteiger partial charge on any atom is -0.493 e. The molecule has 0 saturated carbocycles. The maximum absolute atomic E-state index is 13.8. The Morgan fingerprint density at radius 3 is 1.95 bits per heavy atom. The first-order valence-electron chi connectivity index (χ1n) is 20.1. The SMILES string of the molecule is CCOC(=O)c1c(C)c(N=Nc2ccc(-c3ccc(-c4ccc(N=Nc5c(C)c(C(=O)C=C=O)c6[nH]c7ccccc7n6c5=O)c(C)c4)nn3)cc2C)c(O)n2c1nc1ccccc12. The van der Waals surface area contributed by atoms with Crippen LogP contribution in [0.3, 0.4) is 0 Å². The van der Waals surface area contributed by atoms with Crippen LogP contribution < -0.4 is 5.56 Å². The quantitative estimate of drug-likeness (QED) is 0.0440. The lowest BCUT2D eigenvalue weighted by Gasteiger charge is -2.12. The van der Waals surface area contributed by atoms with Crippen LogP contribution in [-0.2, 0) is 9.53 Å². The van der Waals surface area contributed by atoms with Crippen molar-refractivity contribution in [1.82, 2.24) is 29.0 Å². The highest BCUT2D eigenvalue weighted by Crippen LogP contribution is 2.39. The number of nitrogens with one attached hydrogen (secondary N) is 1. The maximum atomic E-state index is 13.8. The van der Waals surface area contributed by atoms with Gasteiger partial charge in [0.15, 0.2) is 11.3 Å². The minimum atomic E-state index is -0.616. The molecule has 64 heavy (non-hydrogen) atoms. The van der Waals surface area contributed by atoms with Gasteiger partial charge in [0.05, 0.1) is 63.1 Å². The summed E-state index contributed by atoms with van der Waals surface area (Å²) in [5.41, 5.74) is 8.83. The number of para-hydroxylation sites is 4. The third-order valence-electron chi connectivity index (χ3n) is 11.0. The molecule has 5 aromatic heterocycles. The number of allylic oxidation sites excluding steroid dienone is 1. The summed E-state index contributed by atoms with van der Waals surface area (Å²) in [4.78, 5) is 58.9. The maximum Gasteiger partial charge on any atom is 0.342 e. The van der Waals surface area contributed by atoms with Crippen molar-refractivity contribution in [2.75, 3.05) is 6.61 Å². The molecule has 0 amide bonds. The van der Waals surface area contributed by atoms with Gasteiger partial charge < -0.3 is 14.8 Å². The molecular formula is C48H36N10O6. The number of rotatable bonds is 10. The zero-order valence-electron chi connectivity index (χ0n) is 35.0. The number of pyridine rings is 2. The average molecular weight is 849 g/mol. The highest BCUT2D eigenvalue weighted by Gasteiger charge is 2.26. The van der Waals surface area contributed by atoms with Gasteiger partial charge in [-0.1, -0.05) is 36.4 Å². The van der Waals surface area contributed by atoms with Crippen LogP contribution in [0, 0.1) is 27.7 Å². The van der Waals surface area contributed by atoms with E-state index >= 15 is 0 Å². The number of ketones is 1. The van der Waals surface area contributed by atoms with Crippen molar-refractivity contribution in [2.24, 2.45) is 20.5 Å². The van der Waals surface area contributed by atoms with E-state index < -0.39 is 17.3 Å². The molecule has 0 aliphatic rings. The molecule has 0 fully saturated rings. The molecule has 0 atom stereocenters. The second-order valence-electron chi connectivity index (χ2n) is 15.0. The average Bonchev–Trinajstić information content (AvgIpc) is 3.87. The van der Waals surface area contributed by atoms with Crippen LogP contribution >= 0.6 is 0 Å². The first kappa shape index (κ1) is 40.6. The number of hydrogen-bond acceptors (Lipinski definition) is 13. The molecule has 5 heterocycles. The Balaban J connectivity index is 0.971. The topological polar surface area (TPSA) is 210 Å². The number of carbonyl (C=O) groups excluding carboxylic acids is 3. The molecule has 16 heteroatoms. The van der Waals surface area contributed by atoms with Crippen molar-refractivity contribution in [2.45, 2.75) is 34.6 Å². The summed E-state index contributed by atoms with van der Waals surface area (Å²) in [6, 6.07) is 29.1. The molecule has 0 unspecified atom stereocenters. The molecular weight excluding hydrogens is 813 g/mol. The number of aromatic nitrogens is 6. The third kappa shape index (κ3) is 6.89. The van der Waals surface area contributed by atoms with E-state index in [1.165, 1.54) is 14.7 Å². The fourth-order valence-corrected chi connectivity index (χ4v) is 7.81. The van der Waals surface area contributed by atoms with Gasteiger partial charge in [0.25, 0.3) is 5.56 Å². The van der Waals surface area contributed by atoms with Gasteiger partial charge in [-0.05, 0) is 112 Å². The van der Waals surface area contributed by atoms with Crippen LogP contribution in [0.4, 0.5) is 22.7 Å². The second kappa shape index (κ2) is 16.3. The van der Waals surface area contributed by atoms with Crippen LogP contribution in [-0.4, -0.2) is 58.4 Å². The van der Waals surface area contributed by atoms with Crippen molar-refractivity contribution in [3.8, 4) is 28.4 Å². The predicted molar refractivity (Wildman–Crippen MR) is 241 cm³/mol. The fraction of sp³-hybridized carbons (Fsp3) is 0.125. The number of azo groups is 2.